The molecule has 2 fully saturated rings. The summed E-state index contributed by atoms with van der Waals surface area (Å²) in [5.74, 6) is 1.60. The van der Waals surface area contributed by atoms with Crippen molar-refractivity contribution in [2.45, 2.75) is 39.2 Å². The van der Waals surface area contributed by atoms with Crippen LogP contribution in [0.4, 0.5) is 5.95 Å². The number of rotatable bonds is 3. The van der Waals surface area contributed by atoms with E-state index in [0.29, 0.717) is 6.04 Å². The van der Waals surface area contributed by atoms with E-state index >= 15 is 0 Å². The Morgan fingerprint density at radius 3 is 2.78 bits per heavy atom. The van der Waals surface area contributed by atoms with E-state index in [1.165, 1.54) is 6.42 Å². The first kappa shape index (κ1) is 11.8. The fraction of sp³-hybridized carbons (Fsp3) is 0.769. The molecule has 1 aromatic rings. The number of hydrogen-bond acceptors (Lipinski definition) is 5. The van der Waals surface area contributed by atoms with Crippen LogP contribution >= 0.6 is 0 Å². The van der Waals surface area contributed by atoms with Crippen molar-refractivity contribution in [2.24, 2.45) is 5.92 Å². The molecule has 0 aliphatic carbocycles. The van der Waals surface area contributed by atoms with Gasteiger partial charge in [-0.25, -0.2) is 4.98 Å². The maximum atomic E-state index is 4.73. The van der Waals surface area contributed by atoms with E-state index in [4.69, 9.17) is 4.98 Å². The summed E-state index contributed by atoms with van der Waals surface area (Å²) in [6, 6.07) is 0.573. The second kappa shape index (κ2) is 4.80. The largest absolute Gasteiger partial charge is 0.335 e. The van der Waals surface area contributed by atoms with E-state index < -0.39 is 0 Å². The molecule has 5 heteroatoms. The van der Waals surface area contributed by atoms with Gasteiger partial charge in [-0.1, -0.05) is 13.8 Å². The van der Waals surface area contributed by atoms with Gasteiger partial charge >= 0.3 is 0 Å². The Balaban J connectivity index is 1.88. The van der Waals surface area contributed by atoms with E-state index in [9.17, 15) is 0 Å². The molecule has 0 spiro atoms. The van der Waals surface area contributed by atoms with Crippen molar-refractivity contribution >= 4 is 5.95 Å². The Labute approximate surface area is 108 Å². The molecule has 98 valence electrons. The third-order valence-corrected chi connectivity index (χ3v) is 4.20. The maximum Gasteiger partial charge on any atom is 0.245 e. The fourth-order valence-electron chi connectivity index (χ4n) is 3.15. The smallest absolute Gasteiger partial charge is 0.245 e. The van der Waals surface area contributed by atoms with Crippen LogP contribution in [-0.4, -0.2) is 40.9 Å². The zero-order valence-electron chi connectivity index (χ0n) is 11.2. The quantitative estimate of drug-likeness (QED) is 0.856. The Hall–Kier alpha value is -1.23. The number of aromatic nitrogens is 3. The average molecular weight is 247 g/mol. The topological polar surface area (TPSA) is 53.9 Å². The molecule has 2 aliphatic rings. The molecule has 2 aliphatic heterocycles. The van der Waals surface area contributed by atoms with Crippen molar-refractivity contribution in [1.82, 2.24) is 20.5 Å². The highest BCUT2D eigenvalue weighted by Gasteiger charge is 2.38. The minimum Gasteiger partial charge on any atom is -0.335 e. The Morgan fingerprint density at radius 2 is 2.00 bits per heavy atom. The van der Waals surface area contributed by atoms with Crippen LogP contribution in [0.25, 0.3) is 0 Å². The van der Waals surface area contributed by atoms with Crippen molar-refractivity contribution in [1.29, 1.82) is 0 Å². The Morgan fingerprint density at radius 1 is 1.17 bits per heavy atom. The second-order valence-electron chi connectivity index (χ2n) is 5.18. The van der Waals surface area contributed by atoms with Crippen LogP contribution in [0.2, 0.25) is 0 Å². The van der Waals surface area contributed by atoms with Gasteiger partial charge in [-0.2, -0.15) is 5.10 Å². The van der Waals surface area contributed by atoms with Crippen LogP contribution in [0.5, 0.6) is 0 Å². The molecule has 3 rings (SSSR count). The lowest BCUT2D eigenvalue weighted by atomic mass is 10.1. The summed E-state index contributed by atoms with van der Waals surface area (Å²) in [4.78, 5) is 7.07. The molecular formula is C13H21N5. The monoisotopic (exact) mass is 247 g/mol. The van der Waals surface area contributed by atoms with Gasteiger partial charge in [0.25, 0.3) is 0 Å². The molecule has 0 bridgehead atoms. The molecule has 0 unspecified atom stereocenters. The molecule has 18 heavy (non-hydrogen) atoms. The average Bonchev–Trinajstić information content (AvgIpc) is 3.00. The normalized spacial score (nSPS) is 26.7. The van der Waals surface area contributed by atoms with Gasteiger partial charge in [0.05, 0.1) is 11.4 Å². The minimum absolute atomic E-state index is 0.573. The van der Waals surface area contributed by atoms with Gasteiger partial charge in [0.1, 0.15) is 0 Å². The van der Waals surface area contributed by atoms with E-state index in [-0.39, 0.29) is 0 Å². The number of aryl methyl sites for hydroxylation is 2. The first-order chi connectivity index (χ1) is 8.83. The summed E-state index contributed by atoms with van der Waals surface area (Å²) in [5, 5.41) is 12.1. The molecule has 1 aromatic heterocycles. The van der Waals surface area contributed by atoms with Crippen LogP contribution in [0.1, 0.15) is 31.7 Å². The zero-order chi connectivity index (χ0) is 12.5. The predicted molar refractivity (Wildman–Crippen MR) is 70.7 cm³/mol. The lowest BCUT2D eigenvalue weighted by Crippen LogP contribution is -2.35. The van der Waals surface area contributed by atoms with E-state index in [0.717, 1.165) is 55.7 Å². The van der Waals surface area contributed by atoms with Crippen molar-refractivity contribution in [3.63, 3.8) is 0 Å². The molecule has 0 aromatic carbocycles. The van der Waals surface area contributed by atoms with Crippen LogP contribution in [0, 0.1) is 5.92 Å². The van der Waals surface area contributed by atoms with Crippen molar-refractivity contribution in [3.8, 4) is 0 Å². The summed E-state index contributed by atoms with van der Waals surface area (Å²) in [6.07, 6.45) is 3.10. The van der Waals surface area contributed by atoms with Crippen LogP contribution in [0.15, 0.2) is 0 Å². The first-order valence-corrected chi connectivity index (χ1v) is 7.03. The van der Waals surface area contributed by atoms with E-state index in [1.54, 1.807) is 0 Å². The summed E-state index contributed by atoms with van der Waals surface area (Å²) in [5.41, 5.74) is 2.15. The van der Waals surface area contributed by atoms with E-state index in [1.807, 2.05) is 0 Å². The summed E-state index contributed by atoms with van der Waals surface area (Å²) < 4.78 is 0. The summed E-state index contributed by atoms with van der Waals surface area (Å²) >= 11 is 0. The number of nitrogens with zero attached hydrogens (tertiary/aromatic N) is 4. The molecule has 2 saturated heterocycles. The summed E-state index contributed by atoms with van der Waals surface area (Å²) in [6.45, 7) is 7.52. The standard InChI is InChI=1S/C13H21N5/c1-3-10-11(4-2)16-17-13(15-10)18-6-5-9-7-14-8-12(9)18/h9,12,14H,3-8H2,1-2H3/t9-,12+/m0/s1. The second-order valence-corrected chi connectivity index (χ2v) is 5.18. The third-order valence-electron chi connectivity index (χ3n) is 4.20. The molecular weight excluding hydrogens is 226 g/mol. The Bertz CT molecular complexity index is 433. The van der Waals surface area contributed by atoms with E-state index in [2.05, 4.69) is 34.3 Å². The maximum absolute atomic E-state index is 4.73. The molecule has 5 nitrogen and oxygen atoms in total. The van der Waals surface area contributed by atoms with Gasteiger partial charge in [0.15, 0.2) is 0 Å². The van der Waals surface area contributed by atoms with Gasteiger partial charge in [-0.05, 0) is 25.2 Å². The third kappa shape index (κ3) is 1.86. The highest BCUT2D eigenvalue weighted by molar-refractivity contribution is 5.35. The zero-order valence-corrected chi connectivity index (χ0v) is 11.2. The highest BCUT2D eigenvalue weighted by atomic mass is 15.4. The van der Waals surface area contributed by atoms with Crippen LogP contribution < -0.4 is 10.2 Å². The van der Waals surface area contributed by atoms with Crippen molar-refractivity contribution in [2.75, 3.05) is 24.5 Å². The molecule has 3 heterocycles. The first-order valence-electron chi connectivity index (χ1n) is 7.03. The van der Waals surface area contributed by atoms with Crippen molar-refractivity contribution in [3.05, 3.63) is 11.4 Å². The number of fused-ring (bicyclic) bond motifs is 1. The molecule has 0 saturated carbocycles. The SMILES string of the molecule is CCc1nnc(N2CC[C@H]3CNC[C@H]32)nc1CC. The Kier molecular flexibility index (Phi) is 3.16. The highest BCUT2D eigenvalue weighted by Crippen LogP contribution is 2.29. The van der Waals surface area contributed by atoms with Crippen LogP contribution in [-0.2, 0) is 12.8 Å². The van der Waals surface area contributed by atoms with Gasteiger partial charge in [0, 0.05) is 25.7 Å². The molecule has 0 amide bonds. The van der Waals surface area contributed by atoms with Gasteiger partial charge < -0.3 is 10.2 Å². The van der Waals surface area contributed by atoms with Gasteiger partial charge in [0.2, 0.25) is 5.95 Å². The van der Waals surface area contributed by atoms with Crippen molar-refractivity contribution < 1.29 is 0 Å². The lowest BCUT2D eigenvalue weighted by Gasteiger charge is -2.23. The summed E-state index contributed by atoms with van der Waals surface area (Å²) in [7, 11) is 0. The number of anilines is 1. The minimum atomic E-state index is 0.573. The molecule has 2 atom stereocenters. The lowest BCUT2D eigenvalue weighted by molar-refractivity contribution is 0.574. The molecule has 0 radical (unpaired) electrons. The van der Waals surface area contributed by atoms with Gasteiger partial charge in [-0.15, -0.1) is 5.10 Å². The molecule has 1 N–H and O–H groups in total. The fourth-order valence-corrected chi connectivity index (χ4v) is 3.15. The number of hydrogen-bond donors (Lipinski definition) is 1. The predicted octanol–water partition coefficient (Wildman–Crippen LogP) is 0.794. The number of nitrogens with one attached hydrogen (secondary N) is 1. The van der Waals surface area contributed by atoms with Gasteiger partial charge in [-0.3, -0.25) is 0 Å². The van der Waals surface area contributed by atoms with Crippen LogP contribution in [0.3, 0.4) is 0 Å².